The van der Waals surface area contributed by atoms with Gasteiger partial charge in [-0.1, -0.05) is 17.2 Å². The van der Waals surface area contributed by atoms with Crippen molar-refractivity contribution in [2.45, 2.75) is 13.3 Å². The maximum atomic E-state index is 12.4. The molecule has 0 unspecified atom stereocenters. The summed E-state index contributed by atoms with van der Waals surface area (Å²) in [5.41, 5.74) is 2.47. The summed E-state index contributed by atoms with van der Waals surface area (Å²) in [6.07, 6.45) is 0.644. The summed E-state index contributed by atoms with van der Waals surface area (Å²) in [4.78, 5) is 17.9. The van der Waals surface area contributed by atoms with E-state index in [4.69, 9.17) is 9.36 Å². The first-order chi connectivity index (χ1) is 8.77. The van der Waals surface area contributed by atoms with Gasteiger partial charge in [-0.3, -0.25) is 4.79 Å². The van der Waals surface area contributed by atoms with Crippen molar-refractivity contribution in [2.24, 2.45) is 5.16 Å². The maximum absolute atomic E-state index is 12.4. The van der Waals surface area contributed by atoms with E-state index >= 15 is 0 Å². The van der Waals surface area contributed by atoms with Crippen LogP contribution in [0.2, 0.25) is 0 Å². The third-order valence-corrected chi connectivity index (χ3v) is 3.76. The molecule has 0 atom stereocenters. The standard InChI is InChI=1S/C12H10N2O3S/c1-3-7-8-10(15)12-6(4-5-18-12)9(14-16-2)11(8)17-13-7/h4-5H,3H2,1-2H3/b14-9-. The van der Waals surface area contributed by atoms with Crippen molar-refractivity contribution >= 4 is 22.8 Å². The molecule has 92 valence electrons. The third kappa shape index (κ3) is 1.35. The summed E-state index contributed by atoms with van der Waals surface area (Å²) in [7, 11) is 1.46. The fourth-order valence-electron chi connectivity index (χ4n) is 2.05. The number of carbonyl (C=O) groups excluding carboxylic acids is 1. The number of hydrogen-bond acceptors (Lipinski definition) is 6. The van der Waals surface area contributed by atoms with Gasteiger partial charge in [0.25, 0.3) is 0 Å². The summed E-state index contributed by atoms with van der Waals surface area (Å²) >= 11 is 1.39. The number of aryl methyl sites for hydroxylation is 1. The van der Waals surface area contributed by atoms with Crippen molar-refractivity contribution in [2.75, 3.05) is 7.11 Å². The molecule has 18 heavy (non-hydrogen) atoms. The van der Waals surface area contributed by atoms with Crippen LogP contribution in [0.3, 0.4) is 0 Å². The lowest BCUT2D eigenvalue weighted by molar-refractivity contribution is 0.103. The Kier molecular flexibility index (Phi) is 2.52. The molecule has 1 aliphatic rings. The van der Waals surface area contributed by atoms with E-state index in [-0.39, 0.29) is 5.78 Å². The maximum Gasteiger partial charge on any atom is 0.209 e. The molecule has 0 aliphatic heterocycles. The first kappa shape index (κ1) is 11.2. The molecule has 0 spiro atoms. The van der Waals surface area contributed by atoms with Gasteiger partial charge in [-0.05, 0) is 17.9 Å². The van der Waals surface area contributed by atoms with Crippen LogP contribution in [-0.2, 0) is 11.3 Å². The van der Waals surface area contributed by atoms with Crippen LogP contribution in [0.5, 0.6) is 0 Å². The quantitative estimate of drug-likeness (QED) is 0.664. The van der Waals surface area contributed by atoms with E-state index < -0.39 is 0 Å². The zero-order valence-electron chi connectivity index (χ0n) is 9.89. The molecule has 0 saturated heterocycles. The summed E-state index contributed by atoms with van der Waals surface area (Å²) in [5.74, 6) is 0.368. The number of ketones is 1. The van der Waals surface area contributed by atoms with Gasteiger partial charge in [0.15, 0.2) is 5.71 Å². The molecule has 2 heterocycles. The van der Waals surface area contributed by atoms with Gasteiger partial charge in [0.2, 0.25) is 11.5 Å². The monoisotopic (exact) mass is 262 g/mol. The van der Waals surface area contributed by atoms with Crippen molar-refractivity contribution in [3.8, 4) is 0 Å². The van der Waals surface area contributed by atoms with E-state index in [9.17, 15) is 4.79 Å². The molecule has 0 N–H and O–H groups in total. The van der Waals surface area contributed by atoms with Crippen LogP contribution in [0.4, 0.5) is 0 Å². The van der Waals surface area contributed by atoms with Gasteiger partial charge in [0.05, 0.1) is 16.1 Å². The normalized spacial score (nSPS) is 15.7. The Labute approximate surface area is 107 Å². The van der Waals surface area contributed by atoms with Crippen molar-refractivity contribution < 1.29 is 14.2 Å². The van der Waals surface area contributed by atoms with Crippen molar-refractivity contribution in [1.29, 1.82) is 0 Å². The number of fused-ring (bicyclic) bond motifs is 2. The minimum atomic E-state index is -0.0387. The van der Waals surface area contributed by atoms with E-state index in [2.05, 4.69) is 10.3 Å². The van der Waals surface area contributed by atoms with Crippen LogP contribution in [0.25, 0.3) is 0 Å². The predicted molar refractivity (Wildman–Crippen MR) is 66.3 cm³/mol. The minimum Gasteiger partial charge on any atom is -0.399 e. The van der Waals surface area contributed by atoms with Gasteiger partial charge in [0.1, 0.15) is 7.11 Å². The Hall–Kier alpha value is -1.95. The Balaban J connectivity index is 2.30. The second-order valence-corrected chi connectivity index (χ2v) is 4.72. The molecule has 0 fully saturated rings. The van der Waals surface area contributed by atoms with Crippen LogP contribution in [0, 0.1) is 0 Å². The molecule has 2 aromatic heterocycles. The Morgan fingerprint density at radius 2 is 2.39 bits per heavy atom. The lowest BCUT2D eigenvalue weighted by atomic mass is 9.92. The smallest absolute Gasteiger partial charge is 0.209 e. The number of oxime groups is 1. The average molecular weight is 262 g/mol. The highest BCUT2D eigenvalue weighted by Crippen LogP contribution is 2.33. The molecule has 1 aliphatic carbocycles. The van der Waals surface area contributed by atoms with E-state index in [0.29, 0.717) is 34.0 Å². The average Bonchev–Trinajstić information content (AvgIpc) is 3.00. The second-order valence-electron chi connectivity index (χ2n) is 3.80. The van der Waals surface area contributed by atoms with Crippen LogP contribution in [0.1, 0.15) is 39.2 Å². The zero-order chi connectivity index (χ0) is 12.7. The Morgan fingerprint density at radius 3 is 3.11 bits per heavy atom. The number of carbonyl (C=O) groups is 1. The number of aromatic nitrogens is 1. The van der Waals surface area contributed by atoms with Crippen molar-refractivity contribution in [3.05, 3.63) is 38.9 Å². The van der Waals surface area contributed by atoms with Gasteiger partial charge < -0.3 is 9.36 Å². The molecule has 6 heteroatoms. The summed E-state index contributed by atoms with van der Waals surface area (Å²) in [6.45, 7) is 1.93. The zero-order valence-corrected chi connectivity index (χ0v) is 10.7. The van der Waals surface area contributed by atoms with Gasteiger partial charge in [-0.15, -0.1) is 11.3 Å². The SMILES string of the molecule is CCc1noc2c1C(=O)c1sccc1/C2=N/OC. The van der Waals surface area contributed by atoms with Crippen LogP contribution in [-0.4, -0.2) is 23.8 Å². The molecular formula is C12H10N2O3S. The van der Waals surface area contributed by atoms with Gasteiger partial charge >= 0.3 is 0 Å². The second kappa shape index (κ2) is 4.06. The van der Waals surface area contributed by atoms with Gasteiger partial charge in [-0.25, -0.2) is 0 Å². The molecule has 0 aromatic carbocycles. The first-order valence-electron chi connectivity index (χ1n) is 5.50. The number of rotatable bonds is 2. The highest BCUT2D eigenvalue weighted by molar-refractivity contribution is 7.12. The predicted octanol–water partition coefficient (Wildman–Crippen LogP) is 2.24. The lowest BCUT2D eigenvalue weighted by Crippen LogP contribution is -2.19. The third-order valence-electron chi connectivity index (χ3n) is 2.85. The topological polar surface area (TPSA) is 64.7 Å². The van der Waals surface area contributed by atoms with Crippen molar-refractivity contribution in [1.82, 2.24) is 5.16 Å². The fraction of sp³-hybridized carbons (Fsp3) is 0.250. The molecule has 2 aromatic rings. The van der Waals surface area contributed by atoms with Gasteiger partial charge in [0, 0.05) is 5.56 Å². The fourth-order valence-corrected chi connectivity index (χ4v) is 2.89. The van der Waals surface area contributed by atoms with Crippen LogP contribution >= 0.6 is 11.3 Å². The lowest BCUT2D eigenvalue weighted by Gasteiger charge is -2.11. The number of nitrogens with zero attached hydrogens (tertiary/aromatic N) is 2. The Bertz CT molecular complexity index is 654. The first-order valence-corrected chi connectivity index (χ1v) is 6.38. The van der Waals surface area contributed by atoms with E-state index in [1.54, 1.807) is 0 Å². The van der Waals surface area contributed by atoms with Crippen LogP contribution < -0.4 is 0 Å². The molecule has 5 nitrogen and oxygen atoms in total. The molecule has 0 bridgehead atoms. The molecular weight excluding hydrogens is 252 g/mol. The Morgan fingerprint density at radius 1 is 1.56 bits per heavy atom. The summed E-state index contributed by atoms with van der Waals surface area (Å²) < 4.78 is 5.26. The largest absolute Gasteiger partial charge is 0.399 e. The van der Waals surface area contributed by atoms with E-state index in [1.807, 2.05) is 18.4 Å². The van der Waals surface area contributed by atoms with Gasteiger partial charge in [-0.2, -0.15) is 0 Å². The summed E-state index contributed by atoms with van der Waals surface area (Å²) in [5, 5.41) is 9.75. The molecule has 0 radical (unpaired) electrons. The number of hydrogen-bond donors (Lipinski definition) is 0. The van der Waals surface area contributed by atoms with E-state index in [1.165, 1.54) is 18.4 Å². The molecule has 3 rings (SSSR count). The minimum absolute atomic E-state index is 0.0387. The number of thiophene rings is 1. The van der Waals surface area contributed by atoms with Crippen molar-refractivity contribution in [3.63, 3.8) is 0 Å². The highest BCUT2D eigenvalue weighted by Gasteiger charge is 2.36. The highest BCUT2D eigenvalue weighted by atomic mass is 32.1. The summed E-state index contributed by atoms with van der Waals surface area (Å²) in [6, 6.07) is 1.84. The molecule has 0 saturated carbocycles. The van der Waals surface area contributed by atoms with E-state index in [0.717, 1.165) is 5.56 Å². The van der Waals surface area contributed by atoms with Crippen LogP contribution in [0.15, 0.2) is 21.1 Å². The molecule has 0 amide bonds.